The lowest BCUT2D eigenvalue weighted by Gasteiger charge is -2.44. The predicted molar refractivity (Wildman–Crippen MR) is 94.0 cm³/mol. The zero-order chi connectivity index (χ0) is 17.4. The number of nitrogens with zero attached hydrogens (tertiary/aromatic N) is 4. The number of nitrogen functional groups attached to an aromatic ring is 1. The fourth-order valence-corrected chi connectivity index (χ4v) is 3.89. The summed E-state index contributed by atoms with van der Waals surface area (Å²) in [5, 5.41) is 0. The van der Waals surface area contributed by atoms with E-state index in [0.29, 0.717) is 19.1 Å². The third-order valence-corrected chi connectivity index (χ3v) is 5.32. The molecule has 7 heteroatoms. The summed E-state index contributed by atoms with van der Waals surface area (Å²) in [4.78, 5) is 23.1. The van der Waals surface area contributed by atoms with Crippen LogP contribution in [0.15, 0.2) is 29.3 Å². The molecule has 0 atom stereocenters. The third kappa shape index (κ3) is 2.94. The first-order valence-electron chi connectivity index (χ1n) is 8.70. The van der Waals surface area contributed by atoms with Gasteiger partial charge in [-0.2, -0.15) is 0 Å². The predicted octanol–water partition coefficient (Wildman–Crippen LogP) is 0.821. The van der Waals surface area contributed by atoms with Crippen LogP contribution in [0.1, 0.15) is 29.7 Å². The number of aryl methyl sites for hydroxylation is 1. The van der Waals surface area contributed by atoms with Crippen molar-refractivity contribution in [2.75, 3.05) is 25.4 Å². The summed E-state index contributed by atoms with van der Waals surface area (Å²) in [6.45, 7) is 3.09. The Bertz CT molecular complexity index is 840. The molecule has 0 aromatic carbocycles. The molecule has 25 heavy (non-hydrogen) atoms. The molecule has 7 nitrogen and oxygen atoms in total. The molecule has 4 heterocycles. The SMILES string of the molecule is Cn1cccc(CN2CCC3(CC2)OCCc2cnc(N)nc23)c1=O. The minimum atomic E-state index is -0.358. The van der Waals surface area contributed by atoms with Crippen LogP contribution in [0, 0.1) is 0 Å². The maximum atomic E-state index is 12.2. The number of fused-ring (bicyclic) bond motifs is 2. The van der Waals surface area contributed by atoms with Crippen molar-refractivity contribution in [2.24, 2.45) is 7.05 Å². The van der Waals surface area contributed by atoms with Crippen LogP contribution < -0.4 is 11.3 Å². The van der Waals surface area contributed by atoms with E-state index in [1.165, 1.54) is 0 Å². The molecule has 0 bridgehead atoms. The molecule has 1 spiro atoms. The summed E-state index contributed by atoms with van der Waals surface area (Å²) >= 11 is 0. The molecular formula is C18H23N5O2. The Morgan fingerprint density at radius 2 is 2.16 bits per heavy atom. The van der Waals surface area contributed by atoms with E-state index in [9.17, 15) is 4.79 Å². The van der Waals surface area contributed by atoms with E-state index in [1.807, 2.05) is 18.3 Å². The maximum absolute atomic E-state index is 12.2. The number of hydrogen-bond acceptors (Lipinski definition) is 6. The second kappa shape index (κ2) is 6.24. The molecule has 2 aliphatic heterocycles. The minimum absolute atomic E-state index is 0.0718. The molecule has 0 aliphatic carbocycles. The van der Waals surface area contributed by atoms with Crippen molar-refractivity contribution < 1.29 is 4.74 Å². The van der Waals surface area contributed by atoms with Crippen LogP contribution in [0.4, 0.5) is 5.95 Å². The number of aromatic nitrogens is 3. The normalized spacial score (nSPS) is 19.7. The lowest BCUT2D eigenvalue weighted by Crippen LogP contribution is -2.47. The lowest BCUT2D eigenvalue weighted by atomic mass is 9.83. The summed E-state index contributed by atoms with van der Waals surface area (Å²) < 4.78 is 7.82. The van der Waals surface area contributed by atoms with Gasteiger partial charge >= 0.3 is 0 Å². The Labute approximate surface area is 146 Å². The number of likely N-dealkylation sites (tertiary alicyclic amines) is 1. The highest BCUT2D eigenvalue weighted by molar-refractivity contribution is 5.32. The first-order chi connectivity index (χ1) is 12.1. The second-order valence-electron chi connectivity index (χ2n) is 6.92. The summed E-state index contributed by atoms with van der Waals surface area (Å²) in [6, 6.07) is 3.83. The van der Waals surface area contributed by atoms with Gasteiger partial charge in [-0.15, -0.1) is 0 Å². The Balaban J connectivity index is 1.52. The van der Waals surface area contributed by atoms with E-state index in [4.69, 9.17) is 10.5 Å². The van der Waals surface area contributed by atoms with E-state index >= 15 is 0 Å². The molecular weight excluding hydrogens is 318 g/mol. The highest BCUT2D eigenvalue weighted by atomic mass is 16.5. The zero-order valence-corrected chi connectivity index (χ0v) is 14.4. The van der Waals surface area contributed by atoms with Crippen molar-refractivity contribution in [3.8, 4) is 0 Å². The first kappa shape index (κ1) is 16.2. The van der Waals surface area contributed by atoms with Gasteiger partial charge in [0.2, 0.25) is 5.95 Å². The molecule has 0 saturated carbocycles. The van der Waals surface area contributed by atoms with Crippen LogP contribution in [-0.2, 0) is 30.4 Å². The van der Waals surface area contributed by atoms with Gasteiger partial charge in [-0.25, -0.2) is 9.97 Å². The minimum Gasteiger partial charge on any atom is -0.368 e. The van der Waals surface area contributed by atoms with E-state index < -0.39 is 0 Å². The van der Waals surface area contributed by atoms with E-state index in [2.05, 4.69) is 14.9 Å². The van der Waals surface area contributed by atoms with Crippen molar-refractivity contribution in [1.82, 2.24) is 19.4 Å². The number of piperidine rings is 1. The summed E-state index contributed by atoms with van der Waals surface area (Å²) in [6.07, 6.45) is 6.16. The third-order valence-electron chi connectivity index (χ3n) is 5.32. The largest absolute Gasteiger partial charge is 0.368 e. The van der Waals surface area contributed by atoms with Gasteiger partial charge in [0.25, 0.3) is 5.56 Å². The number of pyridine rings is 1. The molecule has 2 aromatic heterocycles. The highest BCUT2D eigenvalue weighted by Crippen LogP contribution is 2.40. The second-order valence-corrected chi connectivity index (χ2v) is 6.92. The molecule has 2 aromatic rings. The Morgan fingerprint density at radius 1 is 1.36 bits per heavy atom. The van der Waals surface area contributed by atoms with Crippen LogP contribution in [-0.4, -0.2) is 39.1 Å². The topological polar surface area (TPSA) is 86.3 Å². The number of anilines is 1. The van der Waals surface area contributed by atoms with Gasteiger partial charge in [0, 0.05) is 44.6 Å². The molecule has 2 N–H and O–H groups in total. The van der Waals surface area contributed by atoms with E-state index in [1.54, 1.807) is 17.8 Å². The van der Waals surface area contributed by atoms with Crippen molar-refractivity contribution in [3.63, 3.8) is 0 Å². The number of ether oxygens (including phenoxy) is 1. The molecule has 0 radical (unpaired) electrons. The zero-order valence-electron chi connectivity index (χ0n) is 14.4. The lowest BCUT2D eigenvalue weighted by molar-refractivity contribution is -0.102. The van der Waals surface area contributed by atoms with Gasteiger partial charge in [-0.05, 0) is 30.9 Å². The molecule has 1 fully saturated rings. The van der Waals surface area contributed by atoms with E-state index in [0.717, 1.165) is 49.2 Å². The monoisotopic (exact) mass is 341 g/mol. The van der Waals surface area contributed by atoms with Gasteiger partial charge in [0.05, 0.1) is 12.3 Å². The van der Waals surface area contributed by atoms with Crippen molar-refractivity contribution in [3.05, 3.63) is 51.7 Å². The summed E-state index contributed by atoms with van der Waals surface area (Å²) in [7, 11) is 1.79. The average molecular weight is 341 g/mol. The standard InChI is InChI=1S/C18H23N5O2/c1-22-7-2-3-14(16(22)24)12-23-8-5-18(6-9-23)15-13(4-10-25-18)11-20-17(19)21-15/h2-3,7,11H,4-6,8-10,12H2,1H3,(H2,19,20,21). The quantitative estimate of drug-likeness (QED) is 0.870. The van der Waals surface area contributed by atoms with Crippen LogP contribution in [0.2, 0.25) is 0 Å². The van der Waals surface area contributed by atoms with Crippen LogP contribution in [0.5, 0.6) is 0 Å². The van der Waals surface area contributed by atoms with Crippen LogP contribution in [0.25, 0.3) is 0 Å². The van der Waals surface area contributed by atoms with Gasteiger partial charge in [0.1, 0.15) is 5.60 Å². The Morgan fingerprint density at radius 3 is 2.96 bits per heavy atom. The van der Waals surface area contributed by atoms with Gasteiger partial charge < -0.3 is 15.0 Å². The van der Waals surface area contributed by atoms with Gasteiger partial charge in [0.15, 0.2) is 0 Å². The number of rotatable bonds is 2. The first-order valence-corrected chi connectivity index (χ1v) is 8.70. The van der Waals surface area contributed by atoms with Crippen molar-refractivity contribution in [2.45, 2.75) is 31.4 Å². The van der Waals surface area contributed by atoms with E-state index in [-0.39, 0.29) is 11.2 Å². The number of nitrogens with two attached hydrogens (primary N) is 1. The van der Waals surface area contributed by atoms with Crippen molar-refractivity contribution in [1.29, 1.82) is 0 Å². The van der Waals surface area contributed by atoms with Gasteiger partial charge in [-0.1, -0.05) is 6.07 Å². The fraction of sp³-hybridized carbons (Fsp3) is 0.500. The smallest absolute Gasteiger partial charge is 0.254 e. The highest BCUT2D eigenvalue weighted by Gasteiger charge is 2.42. The summed E-state index contributed by atoms with van der Waals surface area (Å²) in [5.74, 6) is 0.304. The molecule has 0 unspecified atom stereocenters. The van der Waals surface area contributed by atoms with Crippen molar-refractivity contribution >= 4 is 5.95 Å². The Kier molecular flexibility index (Phi) is 4.05. The Hall–Kier alpha value is -2.25. The average Bonchev–Trinajstić information content (AvgIpc) is 2.62. The van der Waals surface area contributed by atoms with Crippen LogP contribution in [0.3, 0.4) is 0 Å². The molecule has 0 amide bonds. The number of hydrogen-bond donors (Lipinski definition) is 1. The molecule has 1 saturated heterocycles. The fourth-order valence-electron chi connectivity index (χ4n) is 3.89. The summed E-state index contributed by atoms with van der Waals surface area (Å²) in [5.41, 5.74) is 8.46. The molecule has 132 valence electrons. The molecule has 4 rings (SSSR count). The van der Waals surface area contributed by atoms with Crippen LogP contribution >= 0.6 is 0 Å². The maximum Gasteiger partial charge on any atom is 0.254 e. The molecule has 2 aliphatic rings. The van der Waals surface area contributed by atoms with Gasteiger partial charge in [-0.3, -0.25) is 9.69 Å².